The van der Waals surface area contributed by atoms with E-state index in [4.69, 9.17) is 11.6 Å². The first kappa shape index (κ1) is 33.2. The molecule has 4 aromatic carbocycles. The molecule has 7 nitrogen and oxygen atoms in total. The number of rotatable bonds is 13. The Bertz CT molecular complexity index is 1660. The van der Waals surface area contributed by atoms with Gasteiger partial charge in [-0.15, -0.1) is 0 Å². The van der Waals surface area contributed by atoms with E-state index in [0.29, 0.717) is 11.4 Å². The highest BCUT2D eigenvalue weighted by atomic mass is 79.9. The van der Waals surface area contributed by atoms with Crippen LogP contribution in [0.5, 0.6) is 0 Å². The molecule has 0 aromatic heterocycles. The lowest BCUT2D eigenvalue weighted by atomic mass is 10.0. The second-order valence-corrected chi connectivity index (χ2v) is 13.7. The van der Waals surface area contributed by atoms with Crippen molar-refractivity contribution in [1.29, 1.82) is 0 Å². The normalized spacial score (nSPS) is 12.6. The van der Waals surface area contributed by atoms with Crippen LogP contribution in [0.4, 0.5) is 5.69 Å². The van der Waals surface area contributed by atoms with E-state index in [1.54, 1.807) is 42.5 Å². The standard InChI is InChI=1S/C34H35BrClN3O4S/c1-3-25(2)37-34(41)32(22-26-11-6-4-7-12-26)38(23-27-13-10-14-28(35)21-27)33(40)24-39(30-19-17-29(36)18-20-30)44(42,43)31-15-8-5-9-16-31/h4-21,25,32H,3,22-24H2,1-2H3,(H,37,41). The van der Waals surface area contributed by atoms with Gasteiger partial charge in [0.2, 0.25) is 11.8 Å². The van der Waals surface area contributed by atoms with Gasteiger partial charge in [-0.2, -0.15) is 0 Å². The number of carbonyl (C=O) groups is 2. The molecule has 44 heavy (non-hydrogen) atoms. The fourth-order valence-electron chi connectivity index (χ4n) is 4.68. The number of benzene rings is 4. The zero-order valence-corrected chi connectivity index (χ0v) is 27.7. The summed E-state index contributed by atoms with van der Waals surface area (Å²) in [6.45, 7) is 3.44. The molecular formula is C34H35BrClN3O4S. The summed E-state index contributed by atoms with van der Waals surface area (Å²) < 4.78 is 29.9. The van der Waals surface area contributed by atoms with Crippen molar-refractivity contribution >= 4 is 55.1 Å². The van der Waals surface area contributed by atoms with Gasteiger partial charge >= 0.3 is 0 Å². The molecule has 0 fully saturated rings. The van der Waals surface area contributed by atoms with E-state index in [9.17, 15) is 18.0 Å². The Morgan fingerprint density at radius 3 is 2.09 bits per heavy atom. The van der Waals surface area contributed by atoms with Crippen molar-refractivity contribution in [3.05, 3.63) is 130 Å². The zero-order chi connectivity index (χ0) is 31.7. The molecule has 10 heteroatoms. The molecule has 0 aliphatic heterocycles. The lowest BCUT2D eigenvalue weighted by molar-refractivity contribution is -0.140. The molecule has 0 heterocycles. The Labute approximate surface area is 273 Å². The van der Waals surface area contributed by atoms with E-state index in [2.05, 4.69) is 21.2 Å². The average Bonchev–Trinajstić information content (AvgIpc) is 3.02. The number of sulfonamides is 1. The summed E-state index contributed by atoms with van der Waals surface area (Å²) in [5.41, 5.74) is 1.93. The number of amides is 2. The molecule has 230 valence electrons. The van der Waals surface area contributed by atoms with Crippen molar-refractivity contribution in [1.82, 2.24) is 10.2 Å². The highest BCUT2D eigenvalue weighted by molar-refractivity contribution is 9.10. The van der Waals surface area contributed by atoms with Gasteiger partial charge in [-0.25, -0.2) is 8.42 Å². The Balaban J connectivity index is 1.80. The van der Waals surface area contributed by atoms with Crippen LogP contribution in [0, 0.1) is 0 Å². The van der Waals surface area contributed by atoms with Crippen LogP contribution in [0.2, 0.25) is 5.02 Å². The van der Waals surface area contributed by atoms with Gasteiger partial charge in [0, 0.05) is 28.5 Å². The first-order valence-corrected chi connectivity index (χ1v) is 16.9. The van der Waals surface area contributed by atoms with Crippen LogP contribution in [0.15, 0.2) is 119 Å². The highest BCUT2D eigenvalue weighted by Crippen LogP contribution is 2.26. The summed E-state index contributed by atoms with van der Waals surface area (Å²) in [6.07, 6.45) is 0.957. The zero-order valence-electron chi connectivity index (χ0n) is 24.6. The summed E-state index contributed by atoms with van der Waals surface area (Å²) in [5, 5.41) is 3.47. The van der Waals surface area contributed by atoms with Crippen molar-refractivity contribution in [3.8, 4) is 0 Å². The van der Waals surface area contributed by atoms with Gasteiger partial charge in [0.15, 0.2) is 0 Å². The Hall–Kier alpha value is -3.66. The fourth-order valence-corrected chi connectivity index (χ4v) is 6.69. The number of carbonyl (C=O) groups excluding carboxylic acids is 2. The van der Waals surface area contributed by atoms with Gasteiger partial charge in [0.05, 0.1) is 10.6 Å². The van der Waals surface area contributed by atoms with Crippen LogP contribution < -0.4 is 9.62 Å². The molecule has 0 bridgehead atoms. The van der Waals surface area contributed by atoms with Crippen LogP contribution in [0.3, 0.4) is 0 Å². The monoisotopic (exact) mass is 695 g/mol. The first-order chi connectivity index (χ1) is 21.1. The lowest BCUT2D eigenvalue weighted by Gasteiger charge is -2.34. The third-order valence-corrected chi connectivity index (χ3v) is 9.77. The Morgan fingerprint density at radius 1 is 0.864 bits per heavy atom. The third-order valence-electron chi connectivity index (χ3n) is 7.24. The molecule has 1 N–H and O–H groups in total. The number of hydrogen-bond donors (Lipinski definition) is 1. The second-order valence-electron chi connectivity index (χ2n) is 10.5. The van der Waals surface area contributed by atoms with Crippen LogP contribution in [0.25, 0.3) is 0 Å². The molecule has 2 atom stereocenters. The Kier molecular flexibility index (Phi) is 11.6. The smallest absolute Gasteiger partial charge is 0.264 e. The van der Waals surface area contributed by atoms with Gasteiger partial charge in [-0.05, 0) is 73.0 Å². The van der Waals surface area contributed by atoms with Gasteiger partial charge in [-0.3, -0.25) is 13.9 Å². The molecule has 0 spiro atoms. The quantitative estimate of drug-likeness (QED) is 0.166. The van der Waals surface area contributed by atoms with E-state index >= 15 is 0 Å². The van der Waals surface area contributed by atoms with E-state index in [1.165, 1.54) is 17.0 Å². The molecule has 2 unspecified atom stereocenters. The van der Waals surface area contributed by atoms with Crippen molar-refractivity contribution in [3.63, 3.8) is 0 Å². The predicted octanol–water partition coefficient (Wildman–Crippen LogP) is 6.85. The SMILES string of the molecule is CCC(C)NC(=O)C(Cc1ccccc1)N(Cc1cccc(Br)c1)C(=O)CN(c1ccc(Cl)cc1)S(=O)(=O)c1ccccc1. The largest absolute Gasteiger partial charge is 0.352 e. The maximum atomic E-state index is 14.5. The minimum atomic E-state index is -4.17. The van der Waals surface area contributed by atoms with Crippen LogP contribution in [-0.2, 0) is 32.6 Å². The molecule has 0 radical (unpaired) electrons. The van der Waals surface area contributed by atoms with Crippen LogP contribution in [-0.4, -0.2) is 43.8 Å². The second kappa shape index (κ2) is 15.4. The van der Waals surface area contributed by atoms with E-state index in [1.807, 2.05) is 68.4 Å². The van der Waals surface area contributed by atoms with E-state index in [-0.39, 0.29) is 35.5 Å². The number of nitrogens with one attached hydrogen (secondary N) is 1. The molecule has 0 aliphatic rings. The fraction of sp³-hybridized carbons (Fsp3) is 0.235. The molecular weight excluding hydrogens is 662 g/mol. The predicted molar refractivity (Wildman–Crippen MR) is 179 cm³/mol. The van der Waals surface area contributed by atoms with Crippen molar-refractivity contribution in [2.45, 2.75) is 50.2 Å². The molecule has 4 rings (SSSR count). The molecule has 4 aromatic rings. The average molecular weight is 697 g/mol. The number of nitrogens with zero attached hydrogens (tertiary/aromatic N) is 2. The first-order valence-electron chi connectivity index (χ1n) is 14.3. The topological polar surface area (TPSA) is 86.8 Å². The van der Waals surface area contributed by atoms with E-state index in [0.717, 1.165) is 19.9 Å². The minimum absolute atomic E-state index is 0.0386. The van der Waals surface area contributed by atoms with Gasteiger partial charge < -0.3 is 10.2 Å². The summed E-state index contributed by atoms with van der Waals surface area (Å²) in [5.74, 6) is -0.838. The maximum absolute atomic E-state index is 14.5. The Morgan fingerprint density at radius 2 is 1.48 bits per heavy atom. The maximum Gasteiger partial charge on any atom is 0.264 e. The highest BCUT2D eigenvalue weighted by Gasteiger charge is 2.35. The van der Waals surface area contributed by atoms with Crippen LogP contribution in [0.1, 0.15) is 31.4 Å². The van der Waals surface area contributed by atoms with Crippen molar-refractivity contribution in [2.75, 3.05) is 10.8 Å². The number of hydrogen-bond acceptors (Lipinski definition) is 4. The minimum Gasteiger partial charge on any atom is -0.352 e. The van der Waals surface area contributed by atoms with Gasteiger partial charge in [0.25, 0.3) is 10.0 Å². The van der Waals surface area contributed by atoms with Crippen molar-refractivity contribution < 1.29 is 18.0 Å². The van der Waals surface area contributed by atoms with Gasteiger partial charge in [0.1, 0.15) is 12.6 Å². The lowest BCUT2D eigenvalue weighted by Crippen LogP contribution is -2.54. The molecule has 0 aliphatic carbocycles. The van der Waals surface area contributed by atoms with Crippen molar-refractivity contribution in [2.24, 2.45) is 0 Å². The van der Waals surface area contributed by atoms with Gasteiger partial charge in [-0.1, -0.05) is 95.1 Å². The number of anilines is 1. The summed E-state index contributed by atoms with van der Waals surface area (Å²) in [6, 6.07) is 30.1. The summed E-state index contributed by atoms with van der Waals surface area (Å²) >= 11 is 9.62. The summed E-state index contributed by atoms with van der Waals surface area (Å²) in [4.78, 5) is 29.8. The van der Waals surface area contributed by atoms with Crippen LogP contribution >= 0.6 is 27.5 Å². The number of halogens is 2. The summed E-state index contributed by atoms with van der Waals surface area (Å²) in [7, 11) is -4.17. The molecule has 2 amide bonds. The molecule has 0 saturated heterocycles. The third kappa shape index (κ3) is 8.71. The van der Waals surface area contributed by atoms with E-state index < -0.39 is 28.5 Å². The molecule has 0 saturated carbocycles.